The van der Waals surface area contributed by atoms with Gasteiger partial charge in [-0.05, 0) is 61.4 Å². The van der Waals surface area contributed by atoms with Crippen molar-refractivity contribution < 1.29 is 8.42 Å². The number of benzene rings is 2. The van der Waals surface area contributed by atoms with Crippen molar-refractivity contribution in [3.63, 3.8) is 0 Å². The Morgan fingerprint density at radius 1 is 1.05 bits per heavy atom. The fourth-order valence-corrected chi connectivity index (χ4v) is 3.75. The second-order valence-electron chi connectivity index (χ2n) is 4.59. The maximum Gasteiger partial charge on any atom is 0.262 e. The van der Waals surface area contributed by atoms with Gasteiger partial charge in [0.25, 0.3) is 10.0 Å². The standard InChI is InChI=1S/C14H15BrN2O2S/c1-9-7-11(15)3-5-13(9)17-20(18,19)14-6-4-12(16)8-10(14)2/h3-8,17H,16H2,1-2H3. The number of hydrogen-bond acceptors (Lipinski definition) is 3. The maximum atomic E-state index is 12.4. The van der Waals surface area contributed by atoms with Crippen LogP contribution in [-0.4, -0.2) is 8.42 Å². The van der Waals surface area contributed by atoms with Crippen LogP contribution in [0.25, 0.3) is 0 Å². The van der Waals surface area contributed by atoms with Gasteiger partial charge in [0.05, 0.1) is 10.6 Å². The third-order valence-electron chi connectivity index (χ3n) is 2.92. The largest absolute Gasteiger partial charge is 0.399 e. The highest BCUT2D eigenvalue weighted by molar-refractivity contribution is 9.10. The summed E-state index contributed by atoms with van der Waals surface area (Å²) in [6.07, 6.45) is 0. The fourth-order valence-electron chi connectivity index (χ4n) is 1.92. The van der Waals surface area contributed by atoms with E-state index in [1.54, 1.807) is 31.2 Å². The van der Waals surface area contributed by atoms with Gasteiger partial charge in [0.1, 0.15) is 0 Å². The minimum absolute atomic E-state index is 0.231. The third kappa shape index (κ3) is 3.13. The second kappa shape index (κ2) is 5.46. The summed E-state index contributed by atoms with van der Waals surface area (Å²) in [7, 11) is -3.62. The molecule has 0 radical (unpaired) electrons. The van der Waals surface area contributed by atoms with Crippen molar-refractivity contribution in [1.82, 2.24) is 0 Å². The van der Waals surface area contributed by atoms with Crippen LogP contribution in [0.5, 0.6) is 0 Å². The SMILES string of the molecule is Cc1cc(Br)ccc1NS(=O)(=O)c1ccc(N)cc1C. The predicted molar refractivity (Wildman–Crippen MR) is 85.3 cm³/mol. The molecule has 4 nitrogen and oxygen atoms in total. The fraction of sp³-hybridized carbons (Fsp3) is 0.143. The lowest BCUT2D eigenvalue weighted by atomic mass is 10.2. The summed E-state index contributed by atoms with van der Waals surface area (Å²) >= 11 is 3.35. The molecule has 0 atom stereocenters. The van der Waals surface area contributed by atoms with E-state index in [0.717, 1.165) is 10.0 Å². The van der Waals surface area contributed by atoms with Gasteiger partial charge < -0.3 is 5.73 Å². The molecule has 0 unspecified atom stereocenters. The van der Waals surface area contributed by atoms with Crippen molar-refractivity contribution in [2.75, 3.05) is 10.5 Å². The summed E-state index contributed by atoms with van der Waals surface area (Å²) in [4.78, 5) is 0.231. The van der Waals surface area contributed by atoms with Gasteiger partial charge in [-0.15, -0.1) is 0 Å². The molecule has 0 aromatic heterocycles. The Kier molecular flexibility index (Phi) is 4.06. The van der Waals surface area contributed by atoms with E-state index < -0.39 is 10.0 Å². The number of nitrogens with two attached hydrogens (primary N) is 1. The smallest absolute Gasteiger partial charge is 0.262 e. The molecule has 0 amide bonds. The molecule has 106 valence electrons. The molecule has 20 heavy (non-hydrogen) atoms. The van der Waals surface area contributed by atoms with E-state index in [4.69, 9.17) is 5.73 Å². The Morgan fingerprint density at radius 2 is 1.75 bits per heavy atom. The molecular weight excluding hydrogens is 340 g/mol. The molecule has 0 aliphatic carbocycles. The number of rotatable bonds is 3. The highest BCUT2D eigenvalue weighted by Crippen LogP contribution is 2.25. The van der Waals surface area contributed by atoms with Crippen LogP contribution in [0.2, 0.25) is 0 Å². The Morgan fingerprint density at radius 3 is 2.35 bits per heavy atom. The van der Waals surface area contributed by atoms with Crippen LogP contribution >= 0.6 is 15.9 Å². The zero-order valence-electron chi connectivity index (χ0n) is 11.1. The first-order chi connectivity index (χ1) is 9.29. The second-order valence-corrected chi connectivity index (χ2v) is 7.16. The van der Waals surface area contributed by atoms with E-state index in [-0.39, 0.29) is 4.90 Å². The molecule has 2 aromatic carbocycles. The van der Waals surface area contributed by atoms with Gasteiger partial charge in [0, 0.05) is 10.2 Å². The van der Waals surface area contributed by atoms with Crippen LogP contribution in [0, 0.1) is 13.8 Å². The predicted octanol–water partition coefficient (Wildman–Crippen LogP) is 3.45. The van der Waals surface area contributed by atoms with Crippen LogP contribution in [0.1, 0.15) is 11.1 Å². The first-order valence-corrected chi connectivity index (χ1v) is 8.22. The molecule has 0 bridgehead atoms. The molecule has 0 heterocycles. The van der Waals surface area contributed by atoms with Crippen LogP contribution in [0.4, 0.5) is 11.4 Å². The molecule has 0 saturated carbocycles. The Labute approximate surface area is 127 Å². The van der Waals surface area contributed by atoms with Crippen molar-refractivity contribution >= 4 is 37.3 Å². The average Bonchev–Trinajstić information content (AvgIpc) is 2.32. The van der Waals surface area contributed by atoms with Crippen LogP contribution in [0.3, 0.4) is 0 Å². The average molecular weight is 355 g/mol. The summed E-state index contributed by atoms with van der Waals surface area (Å²) in [5.74, 6) is 0. The van der Waals surface area contributed by atoms with Gasteiger partial charge in [-0.3, -0.25) is 4.72 Å². The third-order valence-corrected chi connectivity index (χ3v) is 4.94. The van der Waals surface area contributed by atoms with Gasteiger partial charge in [-0.1, -0.05) is 15.9 Å². The monoisotopic (exact) mass is 354 g/mol. The topological polar surface area (TPSA) is 72.2 Å². The molecule has 3 N–H and O–H groups in total. The van der Waals surface area contributed by atoms with Crippen molar-refractivity contribution in [3.05, 3.63) is 52.0 Å². The number of halogens is 1. The number of nitrogen functional groups attached to an aromatic ring is 1. The summed E-state index contributed by atoms with van der Waals surface area (Å²) in [6, 6.07) is 10.1. The number of anilines is 2. The van der Waals surface area contributed by atoms with Gasteiger partial charge in [-0.25, -0.2) is 8.42 Å². The highest BCUT2D eigenvalue weighted by Gasteiger charge is 2.17. The molecule has 2 rings (SSSR count). The van der Waals surface area contributed by atoms with Gasteiger partial charge in [0.15, 0.2) is 0 Å². The lowest BCUT2D eigenvalue weighted by molar-refractivity contribution is 0.600. The molecule has 0 saturated heterocycles. The molecule has 0 aliphatic heterocycles. The van der Waals surface area contributed by atoms with Crippen LogP contribution in [0.15, 0.2) is 45.8 Å². The van der Waals surface area contributed by atoms with E-state index in [0.29, 0.717) is 16.9 Å². The van der Waals surface area contributed by atoms with Crippen LogP contribution in [-0.2, 0) is 10.0 Å². The highest BCUT2D eigenvalue weighted by atomic mass is 79.9. The lowest BCUT2D eigenvalue weighted by Crippen LogP contribution is -2.15. The van der Waals surface area contributed by atoms with E-state index >= 15 is 0 Å². The quantitative estimate of drug-likeness (QED) is 0.829. The molecule has 2 aromatic rings. The Balaban J connectivity index is 2.41. The molecular formula is C14H15BrN2O2S. The summed E-state index contributed by atoms with van der Waals surface area (Å²) in [6.45, 7) is 3.57. The number of nitrogens with one attached hydrogen (secondary N) is 1. The van der Waals surface area contributed by atoms with Crippen LogP contribution < -0.4 is 10.5 Å². The maximum absolute atomic E-state index is 12.4. The van der Waals surface area contributed by atoms with E-state index in [2.05, 4.69) is 20.7 Å². The van der Waals surface area contributed by atoms with Gasteiger partial charge in [-0.2, -0.15) is 0 Å². The number of hydrogen-bond donors (Lipinski definition) is 2. The molecule has 0 spiro atoms. The zero-order chi connectivity index (χ0) is 14.9. The number of sulfonamides is 1. The molecule has 6 heteroatoms. The zero-order valence-corrected chi connectivity index (χ0v) is 13.5. The van der Waals surface area contributed by atoms with Gasteiger partial charge >= 0.3 is 0 Å². The van der Waals surface area contributed by atoms with E-state index in [1.807, 2.05) is 13.0 Å². The summed E-state index contributed by atoms with van der Waals surface area (Å²) in [5.41, 5.74) is 8.21. The van der Waals surface area contributed by atoms with Gasteiger partial charge in [0.2, 0.25) is 0 Å². The molecule has 0 aliphatic rings. The molecule has 0 fully saturated rings. The Hall–Kier alpha value is -1.53. The first-order valence-electron chi connectivity index (χ1n) is 5.95. The van der Waals surface area contributed by atoms with Crippen molar-refractivity contribution in [2.24, 2.45) is 0 Å². The van der Waals surface area contributed by atoms with Crippen molar-refractivity contribution in [3.8, 4) is 0 Å². The van der Waals surface area contributed by atoms with E-state index in [9.17, 15) is 8.42 Å². The lowest BCUT2D eigenvalue weighted by Gasteiger charge is -2.13. The minimum atomic E-state index is -3.62. The first kappa shape index (κ1) is 14.9. The normalized spacial score (nSPS) is 11.3. The van der Waals surface area contributed by atoms with Crippen molar-refractivity contribution in [2.45, 2.75) is 18.7 Å². The summed E-state index contributed by atoms with van der Waals surface area (Å²) in [5, 5.41) is 0. The Bertz CT molecular complexity index is 758. The summed E-state index contributed by atoms with van der Waals surface area (Å²) < 4.78 is 28.3. The van der Waals surface area contributed by atoms with E-state index in [1.165, 1.54) is 6.07 Å². The number of aryl methyl sites for hydroxylation is 2. The minimum Gasteiger partial charge on any atom is -0.399 e. The van der Waals surface area contributed by atoms with Crippen molar-refractivity contribution in [1.29, 1.82) is 0 Å².